The maximum absolute atomic E-state index is 12.7. The number of hydrogen-bond donors (Lipinski definition) is 2. The number of nitrogens with one attached hydrogen (secondary N) is 2. The van der Waals surface area contributed by atoms with Gasteiger partial charge in [0.2, 0.25) is 5.91 Å². The Kier molecular flexibility index (Phi) is 5.31. The first-order valence-corrected chi connectivity index (χ1v) is 8.69. The van der Waals surface area contributed by atoms with Crippen LogP contribution in [-0.4, -0.2) is 50.2 Å². The van der Waals surface area contributed by atoms with Gasteiger partial charge in [-0.2, -0.15) is 0 Å². The number of piperidine rings is 1. The molecule has 0 aromatic heterocycles. The van der Waals surface area contributed by atoms with Gasteiger partial charge < -0.3 is 25.0 Å². The van der Waals surface area contributed by atoms with Crippen LogP contribution in [0.25, 0.3) is 0 Å². The Morgan fingerprint density at radius 1 is 1.16 bits per heavy atom. The summed E-state index contributed by atoms with van der Waals surface area (Å²) in [4.78, 5) is 26.6. The minimum Gasteiger partial charge on any atom is -0.497 e. The van der Waals surface area contributed by atoms with Crippen LogP contribution in [0.15, 0.2) is 18.2 Å². The lowest BCUT2D eigenvalue weighted by Crippen LogP contribution is -2.48. The van der Waals surface area contributed by atoms with Gasteiger partial charge in [-0.3, -0.25) is 4.79 Å². The fourth-order valence-electron chi connectivity index (χ4n) is 3.02. The number of benzene rings is 1. The van der Waals surface area contributed by atoms with Gasteiger partial charge in [-0.1, -0.05) is 0 Å². The summed E-state index contributed by atoms with van der Waals surface area (Å²) >= 11 is 0. The zero-order valence-electron chi connectivity index (χ0n) is 14.7. The molecule has 1 aromatic carbocycles. The van der Waals surface area contributed by atoms with E-state index in [4.69, 9.17) is 9.47 Å². The standard InChI is InChI=1S/C18H25N3O4/c1-24-14-7-8-16(25-2)15(10-14)20-17(22)12-4-3-9-21(11-12)18(23)19-13-5-6-13/h7-8,10,12-13H,3-6,9,11H2,1-2H3,(H,19,23)(H,20,22). The number of carbonyl (C=O) groups is 2. The molecule has 1 heterocycles. The number of urea groups is 1. The van der Waals surface area contributed by atoms with E-state index < -0.39 is 0 Å². The van der Waals surface area contributed by atoms with Gasteiger partial charge in [0.25, 0.3) is 0 Å². The first-order chi connectivity index (χ1) is 12.1. The molecule has 1 saturated carbocycles. The molecule has 0 spiro atoms. The van der Waals surface area contributed by atoms with Crippen molar-refractivity contribution >= 4 is 17.6 Å². The van der Waals surface area contributed by atoms with E-state index >= 15 is 0 Å². The monoisotopic (exact) mass is 347 g/mol. The molecule has 1 atom stereocenters. The molecule has 1 aliphatic carbocycles. The minimum atomic E-state index is -0.227. The zero-order valence-corrected chi connectivity index (χ0v) is 14.7. The quantitative estimate of drug-likeness (QED) is 0.856. The molecular weight excluding hydrogens is 322 g/mol. The lowest BCUT2D eigenvalue weighted by Gasteiger charge is -2.32. The molecule has 3 rings (SSSR count). The molecule has 1 saturated heterocycles. The molecule has 136 valence electrons. The molecule has 25 heavy (non-hydrogen) atoms. The summed E-state index contributed by atoms with van der Waals surface area (Å²) in [6, 6.07) is 5.53. The highest BCUT2D eigenvalue weighted by Gasteiger charge is 2.31. The average molecular weight is 347 g/mol. The molecule has 2 aliphatic rings. The molecular formula is C18H25N3O4. The predicted octanol–water partition coefficient (Wildman–Crippen LogP) is 2.23. The molecule has 0 bridgehead atoms. The number of carbonyl (C=O) groups excluding carboxylic acids is 2. The van der Waals surface area contributed by atoms with Crippen LogP contribution in [0.5, 0.6) is 11.5 Å². The van der Waals surface area contributed by atoms with Crippen LogP contribution in [0.1, 0.15) is 25.7 Å². The van der Waals surface area contributed by atoms with Crippen LogP contribution in [-0.2, 0) is 4.79 Å². The largest absolute Gasteiger partial charge is 0.497 e. The Morgan fingerprint density at radius 3 is 2.64 bits per heavy atom. The summed E-state index contributed by atoms with van der Waals surface area (Å²) in [5, 5.41) is 5.90. The highest BCUT2D eigenvalue weighted by atomic mass is 16.5. The molecule has 0 radical (unpaired) electrons. The third-order valence-electron chi connectivity index (χ3n) is 4.65. The Hall–Kier alpha value is -2.44. The predicted molar refractivity (Wildman–Crippen MR) is 94.0 cm³/mol. The number of nitrogens with zero attached hydrogens (tertiary/aromatic N) is 1. The third kappa shape index (κ3) is 4.35. The second kappa shape index (κ2) is 7.63. The van der Waals surface area contributed by atoms with E-state index in [1.165, 1.54) is 0 Å². The van der Waals surface area contributed by atoms with Crippen molar-refractivity contribution < 1.29 is 19.1 Å². The van der Waals surface area contributed by atoms with Gasteiger partial charge in [-0.15, -0.1) is 0 Å². The number of hydrogen-bond acceptors (Lipinski definition) is 4. The normalized spacial score (nSPS) is 19.9. The van der Waals surface area contributed by atoms with Gasteiger partial charge in [0, 0.05) is 25.2 Å². The molecule has 7 nitrogen and oxygen atoms in total. The number of ether oxygens (including phenoxy) is 2. The second-order valence-corrected chi connectivity index (χ2v) is 6.56. The molecule has 7 heteroatoms. The maximum atomic E-state index is 12.7. The van der Waals surface area contributed by atoms with Crippen LogP contribution in [0.4, 0.5) is 10.5 Å². The smallest absolute Gasteiger partial charge is 0.317 e. The van der Waals surface area contributed by atoms with Crippen LogP contribution in [0, 0.1) is 5.92 Å². The van der Waals surface area contributed by atoms with Gasteiger partial charge in [0.05, 0.1) is 25.8 Å². The molecule has 2 fully saturated rings. The van der Waals surface area contributed by atoms with Crippen molar-refractivity contribution in [3.8, 4) is 11.5 Å². The van der Waals surface area contributed by atoms with Gasteiger partial charge in [0.15, 0.2) is 0 Å². The SMILES string of the molecule is COc1ccc(OC)c(NC(=O)C2CCCN(C(=O)NC3CC3)C2)c1. The van der Waals surface area contributed by atoms with Crippen LogP contribution in [0.2, 0.25) is 0 Å². The lowest BCUT2D eigenvalue weighted by atomic mass is 9.97. The number of rotatable bonds is 5. The van der Waals surface area contributed by atoms with Crippen LogP contribution >= 0.6 is 0 Å². The fraction of sp³-hybridized carbons (Fsp3) is 0.556. The topological polar surface area (TPSA) is 79.9 Å². The highest BCUT2D eigenvalue weighted by molar-refractivity contribution is 5.94. The molecule has 2 N–H and O–H groups in total. The summed E-state index contributed by atoms with van der Waals surface area (Å²) in [6.45, 7) is 1.14. The van der Waals surface area contributed by atoms with E-state index in [2.05, 4.69) is 10.6 Å². The van der Waals surface area contributed by atoms with E-state index in [1.54, 1.807) is 37.3 Å². The Labute approximate surface area is 147 Å². The first kappa shape index (κ1) is 17.4. The van der Waals surface area contributed by atoms with Crippen molar-refractivity contribution in [2.75, 3.05) is 32.6 Å². The summed E-state index contributed by atoms with van der Waals surface area (Å²) in [7, 11) is 3.13. The highest BCUT2D eigenvalue weighted by Crippen LogP contribution is 2.30. The van der Waals surface area contributed by atoms with E-state index in [1.807, 2.05) is 0 Å². The second-order valence-electron chi connectivity index (χ2n) is 6.56. The maximum Gasteiger partial charge on any atom is 0.317 e. The van der Waals surface area contributed by atoms with Crippen molar-refractivity contribution in [2.45, 2.75) is 31.7 Å². The molecule has 3 amide bonds. The van der Waals surface area contributed by atoms with Gasteiger partial charge in [-0.25, -0.2) is 4.79 Å². The summed E-state index contributed by atoms with van der Waals surface area (Å²) in [5.74, 6) is 0.892. The molecule has 1 aromatic rings. The van der Waals surface area contributed by atoms with Crippen molar-refractivity contribution in [2.24, 2.45) is 5.92 Å². The van der Waals surface area contributed by atoms with Crippen LogP contribution < -0.4 is 20.1 Å². The number of anilines is 1. The van der Waals surface area contributed by atoms with E-state index in [0.717, 1.165) is 25.7 Å². The van der Waals surface area contributed by atoms with E-state index in [9.17, 15) is 9.59 Å². The van der Waals surface area contributed by atoms with Crippen molar-refractivity contribution in [1.29, 1.82) is 0 Å². The third-order valence-corrected chi connectivity index (χ3v) is 4.65. The molecule has 1 unspecified atom stereocenters. The Bertz CT molecular complexity index is 645. The average Bonchev–Trinajstić information content (AvgIpc) is 3.45. The van der Waals surface area contributed by atoms with Crippen molar-refractivity contribution in [3.05, 3.63) is 18.2 Å². The Morgan fingerprint density at radius 2 is 1.96 bits per heavy atom. The lowest BCUT2D eigenvalue weighted by molar-refractivity contribution is -0.121. The minimum absolute atomic E-state index is 0.0565. The van der Waals surface area contributed by atoms with Gasteiger partial charge >= 0.3 is 6.03 Å². The van der Waals surface area contributed by atoms with Gasteiger partial charge in [0.1, 0.15) is 11.5 Å². The Balaban J connectivity index is 1.63. The van der Waals surface area contributed by atoms with Crippen molar-refractivity contribution in [3.63, 3.8) is 0 Å². The summed E-state index contributed by atoms with van der Waals surface area (Å²) < 4.78 is 10.5. The molecule has 1 aliphatic heterocycles. The summed E-state index contributed by atoms with van der Waals surface area (Å²) in [5.41, 5.74) is 0.575. The van der Waals surface area contributed by atoms with E-state index in [0.29, 0.717) is 36.3 Å². The van der Waals surface area contributed by atoms with Crippen molar-refractivity contribution in [1.82, 2.24) is 10.2 Å². The van der Waals surface area contributed by atoms with E-state index in [-0.39, 0.29) is 17.9 Å². The van der Waals surface area contributed by atoms with Gasteiger partial charge in [-0.05, 0) is 37.8 Å². The number of methoxy groups -OCH3 is 2. The summed E-state index contributed by atoms with van der Waals surface area (Å²) in [6.07, 6.45) is 3.70. The van der Waals surface area contributed by atoms with Crippen LogP contribution in [0.3, 0.4) is 0 Å². The zero-order chi connectivity index (χ0) is 17.8. The first-order valence-electron chi connectivity index (χ1n) is 8.69. The number of amides is 3. The number of likely N-dealkylation sites (tertiary alicyclic amines) is 1. The fourth-order valence-corrected chi connectivity index (χ4v) is 3.02.